The quantitative estimate of drug-likeness (QED) is 0.382. The molecule has 0 radical (unpaired) electrons. The van der Waals surface area contributed by atoms with Crippen LogP contribution in [-0.4, -0.2) is 44.8 Å². The van der Waals surface area contributed by atoms with Gasteiger partial charge < -0.3 is 20.7 Å². The molecule has 9 nitrogen and oxygen atoms in total. The molecule has 1 aliphatic heterocycles. The predicted molar refractivity (Wildman–Crippen MR) is 130 cm³/mol. The summed E-state index contributed by atoms with van der Waals surface area (Å²) in [5.74, 6) is 0.771. The van der Waals surface area contributed by atoms with E-state index in [9.17, 15) is 9.18 Å². The van der Waals surface area contributed by atoms with Crippen LogP contribution in [0.15, 0.2) is 36.8 Å². The van der Waals surface area contributed by atoms with Gasteiger partial charge in [0, 0.05) is 31.9 Å². The van der Waals surface area contributed by atoms with Crippen LogP contribution in [0.3, 0.4) is 0 Å². The van der Waals surface area contributed by atoms with Crippen molar-refractivity contribution in [2.75, 3.05) is 23.7 Å². The van der Waals surface area contributed by atoms with Gasteiger partial charge in [-0.15, -0.1) is 11.3 Å². The number of aromatic nitrogens is 4. The highest BCUT2D eigenvalue weighted by atomic mass is 32.1. The highest BCUT2D eigenvalue weighted by Crippen LogP contribution is 2.37. The molecule has 1 aliphatic rings. The first-order chi connectivity index (χ1) is 16.5. The van der Waals surface area contributed by atoms with Crippen molar-refractivity contribution in [3.05, 3.63) is 53.0 Å². The zero-order chi connectivity index (χ0) is 23.7. The normalized spacial score (nSPS) is 15.9. The van der Waals surface area contributed by atoms with Crippen LogP contribution >= 0.6 is 11.3 Å². The smallest absolute Gasteiger partial charge is 0.267 e. The van der Waals surface area contributed by atoms with E-state index in [0.29, 0.717) is 39.3 Å². The van der Waals surface area contributed by atoms with E-state index < -0.39 is 0 Å². The van der Waals surface area contributed by atoms with Crippen molar-refractivity contribution in [2.45, 2.75) is 25.9 Å². The fourth-order valence-corrected chi connectivity index (χ4v) is 5.01. The molecule has 1 amide bonds. The van der Waals surface area contributed by atoms with Crippen molar-refractivity contribution >= 4 is 44.8 Å². The van der Waals surface area contributed by atoms with Gasteiger partial charge in [-0.2, -0.15) is 5.10 Å². The standard InChI is InChI=1S/C23H24FN7O2S/c1-13-19-21(28-16-6-5-14(24)10-17(16)33-15-4-3-8-25-11-15)26-12-27-23(19)34-20(13)22(32)29-18-7-9-31(2)30-18/h5-7,9-10,12,15,25H,3-4,8,11H2,1-2H3,(H,26,27,28)(H,29,30,32). The van der Waals surface area contributed by atoms with Gasteiger partial charge in [-0.25, -0.2) is 14.4 Å². The number of fused-ring (bicyclic) bond motifs is 1. The van der Waals surface area contributed by atoms with E-state index in [1.165, 1.54) is 29.8 Å². The number of piperidine rings is 1. The van der Waals surface area contributed by atoms with Crippen molar-refractivity contribution in [1.29, 1.82) is 0 Å². The van der Waals surface area contributed by atoms with Gasteiger partial charge in [-0.05, 0) is 44.0 Å². The Hall–Kier alpha value is -3.57. The summed E-state index contributed by atoms with van der Waals surface area (Å²) in [4.78, 5) is 22.9. The molecule has 3 aromatic heterocycles. The number of rotatable bonds is 6. The van der Waals surface area contributed by atoms with Crippen LogP contribution in [0.1, 0.15) is 28.1 Å². The second-order valence-electron chi connectivity index (χ2n) is 8.14. The summed E-state index contributed by atoms with van der Waals surface area (Å²) < 4.78 is 21.8. The number of thiophene rings is 1. The lowest BCUT2D eigenvalue weighted by molar-refractivity contribution is 0.102. The van der Waals surface area contributed by atoms with E-state index in [0.717, 1.165) is 30.3 Å². The minimum Gasteiger partial charge on any atom is -0.487 e. The van der Waals surface area contributed by atoms with Gasteiger partial charge in [-0.1, -0.05) is 0 Å². The Bertz CT molecular complexity index is 1350. The molecular formula is C23H24FN7O2S. The number of ether oxygens (including phenoxy) is 1. The maximum absolute atomic E-state index is 14.0. The van der Waals surface area contributed by atoms with Crippen LogP contribution in [-0.2, 0) is 7.05 Å². The third-order valence-electron chi connectivity index (χ3n) is 5.63. The Balaban J connectivity index is 1.45. The van der Waals surface area contributed by atoms with Gasteiger partial charge in [0.2, 0.25) is 0 Å². The molecule has 1 unspecified atom stereocenters. The summed E-state index contributed by atoms with van der Waals surface area (Å²) in [6, 6.07) is 6.11. The van der Waals surface area contributed by atoms with Crippen LogP contribution in [0.2, 0.25) is 0 Å². The molecule has 5 rings (SSSR count). The average molecular weight is 482 g/mol. The summed E-state index contributed by atoms with van der Waals surface area (Å²) in [6.07, 6.45) is 5.07. The SMILES string of the molecule is Cc1c(C(=O)Nc2ccn(C)n2)sc2ncnc(Nc3ccc(F)cc3OC3CCCNC3)c12. The predicted octanol–water partition coefficient (Wildman–Crippen LogP) is 4.00. The Morgan fingerprint density at radius 3 is 2.97 bits per heavy atom. The van der Waals surface area contributed by atoms with Gasteiger partial charge in [0.15, 0.2) is 5.82 Å². The minimum absolute atomic E-state index is 0.0358. The summed E-state index contributed by atoms with van der Waals surface area (Å²) >= 11 is 1.28. The van der Waals surface area contributed by atoms with Crippen LogP contribution < -0.4 is 20.7 Å². The van der Waals surface area contributed by atoms with E-state index in [1.54, 1.807) is 30.1 Å². The number of carbonyl (C=O) groups excluding carboxylic acids is 1. The van der Waals surface area contributed by atoms with Gasteiger partial charge in [-0.3, -0.25) is 9.48 Å². The molecule has 0 bridgehead atoms. The number of halogens is 1. The van der Waals surface area contributed by atoms with E-state index in [1.807, 2.05) is 6.92 Å². The third-order valence-corrected chi connectivity index (χ3v) is 6.83. The fourth-order valence-electron chi connectivity index (χ4n) is 3.96. The third kappa shape index (κ3) is 4.57. The zero-order valence-corrected chi connectivity index (χ0v) is 19.6. The van der Waals surface area contributed by atoms with E-state index in [-0.39, 0.29) is 17.8 Å². The van der Waals surface area contributed by atoms with E-state index >= 15 is 0 Å². The fraction of sp³-hybridized carbons (Fsp3) is 0.304. The maximum Gasteiger partial charge on any atom is 0.267 e. The maximum atomic E-state index is 14.0. The Morgan fingerprint density at radius 2 is 2.21 bits per heavy atom. The first kappa shape index (κ1) is 22.2. The van der Waals surface area contributed by atoms with Gasteiger partial charge >= 0.3 is 0 Å². The Morgan fingerprint density at radius 1 is 1.32 bits per heavy atom. The van der Waals surface area contributed by atoms with Crippen molar-refractivity contribution in [3.63, 3.8) is 0 Å². The summed E-state index contributed by atoms with van der Waals surface area (Å²) in [5, 5.41) is 14.3. The topological polar surface area (TPSA) is 106 Å². The molecule has 3 N–H and O–H groups in total. The number of carbonyl (C=O) groups is 1. The Kier molecular flexibility index (Phi) is 6.12. The molecule has 1 saturated heterocycles. The molecule has 4 aromatic rings. The van der Waals surface area contributed by atoms with Crippen LogP contribution in [0.5, 0.6) is 5.75 Å². The Labute approximate surface area is 199 Å². The first-order valence-electron chi connectivity index (χ1n) is 11.0. The van der Waals surface area contributed by atoms with Crippen molar-refractivity contribution in [1.82, 2.24) is 25.1 Å². The number of nitrogens with zero attached hydrogens (tertiary/aromatic N) is 4. The highest BCUT2D eigenvalue weighted by Gasteiger charge is 2.22. The summed E-state index contributed by atoms with van der Waals surface area (Å²) in [7, 11) is 1.78. The largest absolute Gasteiger partial charge is 0.487 e. The number of hydrogen-bond acceptors (Lipinski definition) is 8. The molecule has 11 heteroatoms. The van der Waals surface area contributed by atoms with Crippen LogP contribution in [0, 0.1) is 12.7 Å². The van der Waals surface area contributed by atoms with Crippen molar-refractivity contribution in [2.24, 2.45) is 7.05 Å². The molecule has 1 atom stereocenters. The lowest BCUT2D eigenvalue weighted by Crippen LogP contribution is -2.37. The molecule has 1 aromatic carbocycles. The zero-order valence-electron chi connectivity index (χ0n) is 18.8. The molecule has 1 fully saturated rings. The number of hydrogen-bond donors (Lipinski definition) is 3. The van der Waals surface area contributed by atoms with Gasteiger partial charge in [0.1, 0.15) is 34.6 Å². The number of aryl methyl sites for hydroxylation is 2. The molecule has 4 heterocycles. The van der Waals surface area contributed by atoms with Crippen molar-refractivity contribution in [3.8, 4) is 5.75 Å². The van der Waals surface area contributed by atoms with Crippen LogP contribution in [0.4, 0.5) is 21.7 Å². The minimum atomic E-state index is -0.377. The van der Waals surface area contributed by atoms with Gasteiger partial charge in [0.25, 0.3) is 5.91 Å². The number of amides is 1. The lowest BCUT2D eigenvalue weighted by Gasteiger charge is -2.25. The summed E-state index contributed by atoms with van der Waals surface area (Å²) in [6.45, 7) is 3.53. The number of anilines is 3. The second-order valence-corrected chi connectivity index (χ2v) is 9.14. The summed E-state index contributed by atoms with van der Waals surface area (Å²) in [5.41, 5.74) is 1.34. The average Bonchev–Trinajstić information content (AvgIpc) is 3.39. The van der Waals surface area contributed by atoms with E-state index in [4.69, 9.17) is 4.74 Å². The molecule has 0 saturated carbocycles. The molecular weight excluding hydrogens is 457 g/mol. The lowest BCUT2D eigenvalue weighted by atomic mass is 10.1. The van der Waals surface area contributed by atoms with Gasteiger partial charge in [0.05, 0.1) is 16.0 Å². The first-order valence-corrected chi connectivity index (χ1v) is 11.8. The molecule has 0 aliphatic carbocycles. The monoisotopic (exact) mass is 481 g/mol. The van der Waals surface area contributed by atoms with E-state index in [2.05, 4.69) is 31.0 Å². The second kappa shape index (κ2) is 9.35. The van der Waals surface area contributed by atoms with Crippen LogP contribution in [0.25, 0.3) is 10.2 Å². The number of benzene rings is 1. The molecule has 176 valence electrons. The van der Waals surface area contributed by atoms with Crippen molar-refractivity contribution < 1.29 is 13.9 Å². The molecule has 34 heavy (non-hydrogen) atoms. The number of nitrogens with one attached hydrogen (secondary N) is 3. The highest BCUT2D eigenvalue weighted by molar-refractivity contribution is 7.20. The molecule has 0 spiro atoms.